The summed E-state index contributed by atoms with van der Waals surface area (Å²) in [5, 5.41) is 3.47. The van der Waals surface area contributed by atoms with E-state index in [1.165, 1.54) is 11.9 Å². The van der Waals surface area contributed by atoms with Crippen LogP contribution in [0.5, 0.6) is 0 Å². The number of benzene rings is 1. The number of hydrazone groups is 1. The molecule has 0 aliphatic rings. The molecule has 1 N–H and O–H groups in total. The molecule has 0 heterocycles. The number of aryl methyl sites for hydroxylation is 1. The molecule has 0 fully saturated rings. The van der Waals surface area contributed by atoms with E-state index in [0.717, 1.165) is 12.0 Å². The molecule has 132 valence electrons. The largest absolute Gasteiger partial charge is 0.461 e. The molecule has 1 rings (SSSR count). The van der Waals surface area contributed by atoms with Crippen LogP contribution in [0.2, 0.25) is 0 Å². The molecule has 0 aliphatic carbocycles. The van der Waals surface area contributed by atoms with Gasteiger partial charge in [-0.05, 0) is 31.0 Å². The van der Waals surface area contributed by atoms with Crippen LogP contribution in [0, 0.1) is 0 Å². The lowest BCUT2D eigenvalue weighted by Crippen LogP contribution is -2.39. The van der Waals surface area contributed by atoms with Crippen LogP contribution in [0.1, 0.15) is 33.3 Å². The van der Waals surface area contributed by atoms with E-state index in [1.807, 2.05) is 38.3 Å². The summed E-state index contributed by atoms with van der Waals surface area (Å²) in [6.07, 6.45) is 1.15. The molecule has 0 spiro atoms. The van der Waals surface area contributed by atoms with Crippen molar-refractivity contribution >= 4 is 29.7 Å². The number of rotatable bonds is 7. The predicted octanol–water partition coefficient (Wildman–Crippen LogP) is 1.90. The van der Waals surface area contributed by atoms with Gasteiger partial charge in [0.1, 0.15) is 0 Å². The zero-order valence-electron chi connectivity index (χ0n) is 14.8. The Morgan fingerprint density at radius 3 is 2.25 bits per heavy atom. The molecule has 24 heavy (non-hydrogen) atoms. The second-order valence-corrected chi connectivity index (χ2v) is 4.31. The van der Waals surface area contributed by atoms with Gasteiger partial charge in [0.05, 0.1) is 6.61 Å². The maximum Gasteiger partial charge on any atom is 0.364 e. The number of anilines is 1. The number of hydrogen-bond acceptors (Lipinski definition) is 5. The lowest BCUT2D eigenvalue weighted by atomic mass is 10.1. The molecule has 0 aliphatic heterocycles. The van der Waals surface area contributed by atoms with Crippen molar-refractivity contribution in [1.29, 1.82) is 0 Å². The predicted molar refractivity (Wildman–Crippen MR) is 93.8 cm³/mol. The van der Waals surface area contributed by atoms with Crippen LogP contribution < -0.4 is 10.3 Å². The monoisotopic (exact) mass is 335 g/mol. The number of ether oxygens (including phenoxy) is 1. The molecule has 0 aromatic heterocycles. The van der Waals surface area contributed by atoms with Gasteiger partial charge in [0.25, 0.3) is 5.91 Å². The zero-order valence-corrected chi connectivity index (χ0v) is 14.8. The number of amides is 2. The highest BCUT2D eigenvalue weighted by Gasteiger charge is 2.26. The van der Waals surface area contributed by atoms with Gasteiger partial charge in [0.2, 0.25) is 12.1 Å². The highest BCUT2D eigenvalue weighted by atomic mass is 16.5. The van der Waals surface area contributed by atoms with Crippen molar-refractivity contribution in [3.05, 3.63) is 29.8 Å². The number of esters is 1. The summed E-state index contributed by atoms with van der Waals surface area (Å²) in [5.74, 6) is -1.56. The molecular weight excluding hydrogens is 310 g/mol. The molecule has 0 bridgehead atoms. The Morgan fingerprint density at radius 2 is 1.79 bits per heavy atom. The van der Waals surface area contributed by atoms with Crippen LogP contribution in [0.15, 0.2) is 29.4 Å². The minimum absolute atomic E-state index is 0.0983. The minimum atomic E-state index is -0.890. The molecule has 0 atom stereocenters. The fraction of sp³-hybridized carbons (Fsp3) is 0.412. The Labute approximate surface area is 142 Å². The van der Waals surface area contributed by atoms with Crippen molar-refractivity contribution in [2.45, 2.75) is 34.1 Å². The SMILES string of the molecule is CC.CCOC(=O)/C(=N/NC=O)C(=O)N(C)c1ccc(CC)cc1. The van der Waals surface area contributed by atoms with Crippen molar-refractivity contribution in [3.8, 4) is 0 Å². The van der Waals surface area contributed by atoms with Crippen LogP contribution >= 0.6 is 0 Å². The number of nitrogens with zero attached hydrogens (tertiary/aromatic N) is 2. The van der Waals surface area contributed by atoms with Gasteiger partial charge < -0.3 is 9.64 Å². The van der Waals surface area contributed by atoms with E-state index < -0.39 is 17.6 Å². The van der Waals surface area contributed by atoms with Gasteiger partial charge in [-0.3, -0.25) is 9.59 Å². The summed E-state index contributed by atoms with van der Waals surface area (Å²) in [6, 6.07) is 7.33. The first-order valence-electron chi connectivity index (χ1n) is 7.86. The third-order valence-corrected chi connectivity index (χ3v) is 2.94. The van der Waals surface area contributed by atoms with Gasteiger partial charge in [-0.1, -0.05) is 32.9 Å². The summed E-state index contributed by atoms with van der Waals surface area (Å²) in [7, 11) is 1.51. The topological polar surface area (TPSA) is 88.1 Å². The van der Waals surface area contributed by atoms with Crippen LogP contribution in [0.4, 0.5) is 5.69 Å². The zero-order chi connectivity index (χ0) is 18.5. The Balaban J connectivity index is 0.00000254. The fourth-order valence-corrected chi connectivity index (χ4v) is 1.70. The Hall–Kier alpha value is -2.70. The highest BCUT2D eigenvalue weighted by molar-refractivity contribution is 6.66. The first kappa shape index (κ1) is 21.3. The second-order valence-electron chi connectivity index (χ2n) is 4.31. The fourth-order valence-electron chi connectivity index (χ4n) is 1.70. The van der Waals surface area contributed by atoms with E-state index in [9.17, 15) is 14.4 Å². The maximum absolute atomic E-state index is 12.4. The van der Waals surface area contributed by atoms with Crippen molar-refractivity contribution in [2.75, 3.05) is 18.6 Å². The number of carbonyl (C=O) groups excluding carboxylic acids is 3. The van der Waals surface area contributed by atoms with E-state index in [4.69, 9.17) is 4.74 Å². The molecule has 7 nitrogen and oxygen atoms in total. The third-order valence-electron chi connectivity index (χ3n) is 2.94. The molecule has 0 unspecified atom stereocenters. The van der Waals surface area contributed by atoms with Crippen LogP contribution in [0.3, 0.4) is 0 Å². The summed E-state index contributed by atoms with van der Waals surface area (Å²) in [4.78, 5) is 35.7. The van der Waals surface area contributed by atoms with E-state index >= 15 is 0 Å². The first-order chi connectivity index (χ1) is 11.5. The van der Waals surface area contributed by atoms with Gasteiger partial charge in [0, 0.05) is 12.7 Å². The second kappa shape index (κ2) is 11.8. The quantitative estimate of drug-likeness (QED) is 0.271. The molecule has 1 aromatic rings. The highest BCUT2D eigenvalue weighted by Crippen LogP contribution is 2.15. The van der Waals surface area contributed by atoms with Crippen LogP contribution in [-0.2, 0) is 25.5 Å². The summed E-state index contributed by atoms with van der Waals surface area (Å²) < 4.78 is 4.77. The maximum atomic E-state index is 12.4. The van der Waals surface area contributed by atoms with E-state index in [-0.39, 0.29) is 13.0 Å². The first-order valence-corrected chi connectivity index (χ1v) is 7.86. The van der Waals surface area contributed by atoms with E-state index in [1.54, 1.807) is 19.1 Å². The van der Waals surface area contributed by atoms with Crippen molar-refractivity contribution in [3.63, 3.8) is 0 Å². The lowest BCUT2D eigenvalue weighted by Gasteiger charge is -2.18. The van der Waals surface area contributed by atoms with Crippen LogP contribution in [0.25, 0.3) is 0 Å². The average molecular weight is 335 g/mol. The summed E-state index contributed by atoms with van der Waals surface area (Å²) >= 11 is 0. The smallest absolute Gasteiger partial charge is 0.364 e. The third kappa shape index (κ3) is 6.20. The van der Waals surface area contributed by atoms with Gasteiger partial charge in [0.15, 0.2) is 0 Å². The number of nitrogens with one attached hydrogen (secondary N) is 1. The van der Waals surface area contributed by atoms with Crippen molar-refractivity contribution < 1.29 is 19.1 Å². The van der Waals surface area contributed by atoms with Crippen molar-refractivity contribution in [1.82, 2.24) is 5.43 Å². The molecular formula is C17H25N3O4. The minimum Gasteiger partial charge on any atom is -0.461 e. The van der Waals surface area contributed by atoms with E-state index in [2.05, 4.69) is 5.10 Å². The molecule has 1 aromatic carbocycles. The number of carbonyl (C=O) groups is 3. The molecule has 0 saturated heterocycles. The van der Waals surface area contributed by atoms with Crippen molar-refractivity contribution in [2.24, 2.45) is 5.10 Å². The van der Waals surface area contributed by atoms with Gasteiger partial charge in [-0.15, -0.1) is 0 Å². The standard InChI is InChI=1S/C15H19N3O4.C2H6/c1-4-11-6-8-12(9-7-11)18(3)14(20)13(17-16-10-19)15(21)22-5-2;1-2/h6-10H,4-5H2,1-3H3,(H,16,19);1-2H3/b17-13+;. The Bertz CT molecular complexity index is 568. The van der Waals surface area contributed by atoms with Crippen LogP contribution in [-0.4, -0.2) is 37.7 Å². The van der Waals surface area contributed by atoms with E-state index in [0.29, 0.717) is 5.69 Å². The molecule has 2 amide bonds. The normalized spacial score (nSPS) is 10.1. The Kier molecular flexibility index (Phi) is 10.5. The lowest BCUT2D eigenvalue weighted by molar-refractivity contribution is -0.135. The summed E-state index contributed by atoms with van der Waals surface area (Å²) in [5.41, 5.74) is 3.20. The van der Waals surface area contributed by atoms with Gasteiger partial charge >= 0.3 is 5.97 Å². The molecule has 7 heteroatoms. The number of hydrogen-bond donors (Lipinski definition) is 1. The molecule has 0 radical (unpaired) electrons. The van der Waals surface area contributed by atoms with Gasteiger partial charge in [-0.25, -0.2) is 10.2 Å². The Morgan fingerprint density at radius 1 is 1.21 bits per heavy atom. The molecule has 0 saturated carbocycles. The average Bonchev–Trinajstić information content (AvgIpc) is 2.63. The van der Waals surface area contributed by atoms with Gasteiger partial charge in [-0.2, -0.15) is 5.10 Å². The summed E-state index contributed by atoms with van der Waals surface area (Å²) in [6.45, 7) is 7.74.